The van der Waals surface area contributed by atoms with Crippen LogP contribution in [0.15, 0.2) is 96.6 Å². The Morgan fingerprint density at radius 1 is 0.850 bits per heavy atom. The number of hydrogen-bond donors (Lipinski definition) is 1. The van der Waals surface area contributed by atoms with Crippen molar-refractivity contribution in [3.8, 4) is 23.0 Å². The lowest BCUT2D eigenvalue weighted by atomic mass is 9.94. The number of anilines is 1. The van der Waals surface area contributed by atoms with E-state index in [0.29, 0.717) is 22.8 Å². The third-order valence-corrected chi connectivity index (χ3v) is 6.73. The van der Waals surface area contributed by atoms with E-state index in [0.717, 1.165) is 0 Å². The van der Waals surface area contributed by atoms with Crippen molar-refractivity contribution in [2.75, 3.05) is 19.1 Å². The molecule has 4 aromatic rings. The number of aliphatic hydroxyl groups excluding tert-OH is 1. The molecular weight excluding hydrogens is 537 g/mol. The summed E-state index contributed by atoms with van der Waals surface area (Å²) in [7, 11) is 2.82. The first-order chi connectivity index (χ1) is 19.3. The first kappa shape index (κ1) is 26.8. The number of nitrogens with zero attached hydrogens (tertiary/aromatic N) is 1. The van der Waals surface area contributed by atoms with Crippen molar-refractivity contribution in [2.45, 2.75) is 6.04 Å². The van der Waals surface area contributed by atoms with Gasteiger partial charge >= 0.3 is 0 Å². The highest BCUT2D eigenvalue weighted by Gasteiger charge is 2.47. The molecule has 0 aromatic heterocycles. The summed E-state index contributed by atoms with van der Waals surface area (Å²) in [6, 6.07) is 22.8. The number of aliphatic hydroxyl groups is 1. The number of carbonyl (C=O) groups is 2. The second kappa shape index (κ2) is 11.1. The summed E-state index contributed by atoms with van der Waals surface area (Å²) in [4.78, 5) is 28.2. The zero-order chi connectivity index (χ0) is 28.4. The Morgan fingerprint density at radius 2 is 1.52 bits per heavy atom. The average Bonchev–Trinajstić information content (AvgIpc) is 3.23. The van der Waals surface area contributed by atoms with Gasteiger partial charge < -0.3 is 19.3 Å². The minimum Gasteiger partial charge on any atom is -0.507 e. The molecule has 1 amide bonds. The van der Waals surface area contributed by atoms with Crippen LogP contribution in [0.1, 0.15) is 17.2 Å². The molecule has 0 radical (unpaired) electrons. The van der Waals surface area contributed by atoms with Gasteiger partial charge in [-0.25, -0.2) is 4.39 Å². The predicted molar refractivity (Wildman–Crippen MR) is 149 cm³/mol. The zero-order valence-corrected chi connectivity index (χ0v) is 22.2. The number of para-hydroxylation sites is 1. The van der Waals surface area contributed by atoms with E-state index < -0.39 is 29.3 Å². The van der Waals surface area contributed by atoms with Crippen LogP contribution in [0.4, 0.5) is 10.1 Å². The number of amides is 1. The molecule has 1 atom stereocenters. The van der Waals surface area contributed by atoms with Crippen molar-refractivity contribution in [2.24, 2.45) is 0 Å². The smallest absolute Gasteiger partial charge is 0.300 e. The molecule has 0 bridgehead atoms. The number of ether oxygens (including phenoxy) is 3. The van der Waals surface area contributed by atoms with Crippen LogP contribution >= 0.6 is 11.6 Å². The molecular formula is C31H23ClFNO6. The molecule has 40 heavy (non-hydrogen) atoms. The molecule has 5 rings (SSSR count). The normalized spacial score (nSPS) is 16.2. The van der Waals surface area contributed by atoms with Crippen molar-refractivity contribution >= 4 is 34.7 Å². The molecule has 0 spiro atoms. The maximum absolute atomic E-state index is 13.8. The minimum absolute atomic E-state index is 0.0899. The van der Waals surface area contributed by atoms with Crippen molar-refractivity contribution in [3.05, 3.63) is 119 Å². The zero-order valence-electron chi connectivity index (χ0n) is 21.4. The summed E-state index contributed by atoms with van der Waals surface area (Å²) in [6.45, 7) is 0. The summed E-state index contributed by atoms with van der Waals surface area (Å²) in [6.07, 6.45) is 0. The fourth-order valence-corrected chi connectivity index (χ4v) is 4.82. The third kappa shape index (κ3) is 4.97. The number of carbonyl (C=O) groups excluding carboxylic acids is 2. The Kier molecular flexibility index (Phi) is 7.44. The predicted octanol–water partition coefficient (Wildman–Crippen LogP) is 6.91. The number of hydrogen-bond acceptors (Lipinski definition) is 6. The van der Waals surface area contributed by atoms with E-state index in [1.807, 2.05) is 18.2 Å². The van der Waals surface area contributed by atoms with Gasteiger partial charge in [0, 0.05) is 11.8 Å². The third-order valence-electron chi connectivity index (χ3n) is 6.43. The monoisotopic (exact) mass is 559 g/mol. The number of Topliss-reactive ketones (excluding diaryl/α,β-unsaturated/α-hetero) is 1. The van der Waals surface area contributed by atoms with Gasteiger partial charge in [-0.15, -0.1) is 0 Å². The first-order valence-electron chi connectivity index (χ1n) is 12.1. The summed E-state index contributed by atoms with van der Waals surface area (Å²) in [5.41, 5.74) is 0.622. The molecule has 1 saturated heterocycles. The molecule has 1 unspecified atom stereocenters. The van der Waals surface area contributed by atoms with Crippen molar-refractivity contribution in [3.63, 3.8) is 0 Å². The summed E-state index contributed by atoms with van der Waals surface area (Å²) >= 11 is 6.34. The average molecular weight is 560 g/mol. The van der Waals surface area contributed by atoms with E-state index in [1.165, 1.54) is 55.5 Å². The summed E-state index contributed by atoms with van der Waals surface area (Å²) < 4.78 is 30.4. The molecule has 7 nitrogen and oxygen atoms in total. The van der Waals surface area contributed by atoms with Gasteiger partial charge in [0.2, 0.25) is 0 Å². The number of rotatable bonds is 7. The second-order valence-electron chi connectivity index (χ2n) is 8.82. The molecule has 1 fully saturated rings. The Hall–Kier alpha value is -4.82. The molecule has 1 aliphatic heterocycles. The van der Waals surface area contributed by atoms with E-state index in [9.17, 15) is 19.1 Å². The first-order valence-corrected chi connectivity index (χ1v) is 12.5. The Labute approximate surface area is 234 Å². The second-order valence-corrected chi connectivity index (χ2v) is 9.23. The molecule has 9 heteroatoms. The highest BCUT2D eigenvalue weighted by Crippen LogP contribution is 2.45. The van der Waals surface area contributed by atoms with Gasteiger partial charge in [0.1, 0.15) is 34.6 Å². The van der Waals surface area contributed by atoms with Gasteiger partial charge in [-0.05, 0) is 60.2 Å². The van der Waals surface area contributed by atoms with E-state index in [2.05, 4.69) is 0 Å². The van der Waals surface area contributed by atoms with Crippen LogP contribution in [-0.4, -0.2) is 31.0 Å². The van der Waals surface area contributed by atoms with Crippen LogP contribution < -0.4 is 19.1 Å². The lowest BCUT2D eigenvalue weighted by molar-refractivity contribution is -0.132. The van der Waals surface area contributed by atoms with E-state index >= 15 is 0 Å². The van der Waals surface area contributed by atoms with Crippen molar-refractivity contribution in [1.82, 2.24) is 0 Å². The van der Waals surface area contributed by atoms with Gasteiger partial charge in [-0.3, -0.25) is 14.5 Å². The Bertz CT molecular complexity index is 1620. The van der Waals surface area contributed by atoms with Crippen molar-refractivity contribution < 1.29 is 33.3 Å². The molecule has 4 aromatic carbocycles. The number of halogens is 2. The van der Waals surface area contributed by atoms with Crippen LogP contribution in [0, 0.1) is 5.82 Å². The van der Waals surface area contributed by atoms with Crippen LogP contribution in [0.2, 0.25) is 5.02 Å². The van der Waals surface area contributed by atoms with Gasteiger partial charge in [-0.2, -0.15) is 0 Å². The van der Waals surface area contributed by atoms with Crippen LogP contribution in [0.5, 0.6) is 23.0 Å². The molecule has 1 aliphatic rings. The molecule has 1 N–H and O–H groups in total. The molecule has 0 aliphatic carbocycles. The number of benzene rings is 4. The van der Waals surface area contributed by atoms with Gasteiger partial charge in [0.25, 0.3) is 11.7 Å². The topological polar surface area (TPSA) is 85.3 Å². The Morgan fingerprint density at radius 3 is 2.20 bits per heavy atom. The molecule has 202 valence electrons. The maximum Gasteiger partial charge on any atom is 0.300 e. The SMILES string of the molecule is COc1cc(OC)c(/C(O)=C2\C(=O)C(=O)N(c3ccc(F)cc3)C2c2cccc(Oc3ccccc3)c2)cc1Cl. The molecule has 0 saturated carbocycles. The van der Waals surface area contributed by atoms with Crippen molar-refractivity contribution in [1.29, 1.82) is 0 Å². The van der Waals surface area contributed by atoms with Gasteiger partial charge in [0.05, 0.1) is 36.4 Å². The van der Waals surface area contributed by atoms with Gasteiger partial charge in [0.15, 0.2) is 0 Å². The van der Waals surface area contributed by atoms with Crippen LogP contribution in [0.3, 0.4) is 0 Å². The number of ketones is 1. The van der Waals surface area contributed by atoms with Crippen LogP contribution in [-0.2, 0) is 9.59 Å². The Balaban J connectivity index is 1.71. The fraction of sp³-hybridized carbons (Fsp3) is 0.0968. The lowest BCUT2D eigenvalue weighted by Crippen LogP contribution is -2.29. The van der Waals surface area contributed by atoms with E-state index in [1.54, 1.807) is 36.4 Å². The highest BCUT2D eigenvalue weighted by atomic mass is 35.5. The molecule has 1 heterocycles. The van der Waals surface area contributed by atoms with Gasteiger partial charge in [-0.1, -0.05) is 41.9 Å². The van der Waals surface area contributed by atoms with E-state index in [-0.39, 0.29) is 27.6 Å². The lowest BCUT2D eigenvalue weighted by Gasteiger charge is -2.26. The number of methoxy groups -OCH3 is 2. The maximum atomic E-state index is 13.8. The summed E-state index contributed by atoms with van der Waals surface area (Å²) in [5.74, 6) is -1.34. The highest BCUT2D eigenvalue weighted by molar-refractivity contribution is 6.51. The van der Waals surface area contributed by atoms with E-state index in [4.69, 9.17) is 25.8 Å². The standard InChI is InChI=1S/C31H23ClFNO6/c1-38-25-17-26(39-2)24(32)16-23(25)29(35)27-28(34(31(37)30(27)36)20-13-11-19(33)12-14-20)18-7-6-10-22(15-18)40-21-8-4-3-5-9-21/h3-17,28,35H,1-2H3/b29-27+. The van der Waals surface area contributed by atoms with Crippen LogP contribution in [0.25, 0.3) is 5.76 Å². The summed E-state index contributed by atoms with van der Waals surface area (Å²) in [5, 5.41) is 11.7. The fourth-order valence-electron chi connectivity index (χ4n) is 4.58. The largest absolute Gasteiger partial charge is 0.507 e. The minimum atomic E-state index is -1.09. The quantitative estimate of drug-likeness (QED) is 0.150.